The molecule has 0 saturated carbocycles. The lowest BCUT2D eigenvalue weighted by molar-refractivity contribution is -0.145. The predicted octanol–water partition coefficient (Wildman–Crippen LogP) is 5.08. The van der Waals surface area contributed by atoms with Crippen LogP contribution in [0.15, 0.2) is 53.0 Å². The number of aryl methyl sites for hydroxylation is 2. The molecular formula is C19H21BrO2. The maximum Gasteiger partial charge on any atom is 0.306 e. The summed E-state index contributed by atoms with van der Waals surface area (Å²) in [5, 5.41) is 0. The van der Waals surface area contributed by atoms with Crippen LogP contribution in [0.5, 0.6) is 0 Å². The van der Waals surface area contributed by atoms with Crippen molar-refractivity contribution in [1.29, 1.82) is 0 Å². The van der Waals surface area contributed by atoms with Crippen molar-refractivity contribution >= 4 is 21.9 Å². The Kier molecular flexibility index (Phi) is 6.66. The fourth-order valence-corrected chi connectivity index (χ4v) is 2.81. The molecule has 0 atom stereocenters. The largest absolute Gasteiger partial charge is 0.461 e. The average molecular weight is 361 g/mol. The van der Waals surface area contributed by atoms with Crippen molar-refractivity contribution in [2.24, 2.45) is 0 Å². The van der Waals surface area contributed by atoms with Crippen molar-refractivity contribution in [3.8, 4) is 0 Å². The number of halogens is 1. The van der Waals surface area contributed by atoms with Crippen molar-refractivity contribution in [1.82, 2.24) is 0 Å². The molecule has 116 valence electrons. The van der Waals surface area contributed by atoms with Gasteiger partial charge in [-0.2, -0.15) is 0 Å². The Balaban J connectivity index is 1.75. The zero-order chi connectivity index (χ0) is 15.8. The quantitative estimate of drug-likeness (QED) is 0.643. The molecule has 0 saturated heterocycles. The molecule has 0 unspecified atom stereocenters. The number of esters is 1. The Morgan fingerprint density at radius 2 is 1.86 bits per heavy atom. The van der Waals surface area contributed by atoms with E-state index < -0.39 is 0 Å². The van der Waals surface area contributed by atoms with Gasteiger partial charge in [-0.15, -0.1) is 0 Å². The second kappa shape index (κ2) is 8.74. The molecule has 2 rings (SSSR count). The maximum atomic E-state index is 11.8. The van der Waals surface area contributed by atoms with Crippen LogP contribution >= 0.6 is 15.9 Å². The molecule has 2 nitrogen and oxygen atoms in total. The minimum Gasteiger partial charge on any atom is -0.461 e. The van der Waals surface area contributed by atoms with Gasteiger partial charge < -0.3 is 4.74 Å². The van der Waals surface area contributed by atoms with Gasteiger partial charge in [0.15, 0.2) is 0 Å². The molecule has 0 aliphatic rings. The van der Waals surface area contributed by atoms with E-state index >= 15 is 0 Å². The van der Waals surface area contributed by atoms with Crippen molar-refractivity contribution in [3.05, 3.63) is 69.7 Å². The molecule has 0 aromatic heterocycles. The van der Waals surface area contributed by atoms with Crippen LogP contribution in [0.3, 0.4) is 0 Å². The Labute approximate surface area is 140 Å². The van der Waals surface area contributed by atoms with E-state index in [1.54, 1.807) is 0 Å². The van der Waals surface area contributed by atoms with Gasteiger partial charge in [0, 0.05) is 10.9 Å². The third kappa shape index (κ3) is 5.30. The van der Waals surface area contributed by atoms with Crippen molar-refractivity contribution in [3.63, 3.8) is 0 Å². The van der Waals surface area contributed by atoms with E-state index in [9.17, 15) is 4.79 Å². The van der Waals surface area contributed by atoms with Crippen molar-refractivity contribution < 1.29 is 9.53 Å². The average Bonchev–Trinajstić information content (AvgIpc) is 2.55. The van der Waals surface area contributed by atoms with Gasteiger partial charge in [0.1, 0.15) is 6.61 Å². The van der Waals surface area contributed by atoms with Crippen LogP contribution in [0.1, 0.15) is 36.5 Å². The highest BCUT2D eigenvalue weighted by Crippen LogP contribution is 2.19. The van der Waals surface area contributed by atoms with E-state index in [0.717, 1.165) is 29.3 Å². The van der Waals surface area contributed by atoms with Gasteiger partial charge in [-0.1, -0.05) is 59.3 Å². The van der Waals surface area contributed by atoms with E-state index in [0.29, 0.717) is 13.0 Å². The molecule has 0 spiro atoms. The second-order valence-corrected chi connectivity index (χ2v) is 6.18. The number of rotatable bonds is 7. The molecule has 22 heavy (non-hydrogen) atoms. The summed E-state index contributed by atoms with van der Waals surface area (Å²) in [6.45, 7) is 2.51. The van der Waals surface area contributed by atoms with Crippen LogP contribution in [-0.2, 0) is 29.0 Å². The number of hydrogen-bond acceptors (Lipinski definition) is 2. The lowest BCUT2D eigenvalue weighted by Gasteiger charge is -2.09. The number of carbonyl (C=O) groups is 1. The Morgan fingerprint density at radius 1 is 1.09 bits per heavy atom. The highest BCUT2D eigenvalue weighted by molar-refractivity contribution is 9.10. The van der Waals surface area contributed by atoms with Gasteiger partial charge in [-0.3, -0.25) is 4.79 Å². The predicted molar refractivity (Wildman–Crippen MR) is 92.7 cm³/mol. The van der Waals surface area contributed by atoms with Crippen LogP contribution in [0, 0.1) is 0 Å². The number of benzene rings is 2. The molecule has 0 N–H and O–H groups in total. The zero-order valence-corrected chi connectivity index (χ0v) is 14.4. The number of carbonyl (C=O) groups excluding carboxylic acids is 1. The molecule has 0 amide bonds. The van der Waals surface area contributed by atoms with Gasteiger partial charge in [0.25, 0.3) is 0 Å². The van der Waals surface area contributed by atoms with E-state index in [4.69, 9.17) is 4.74 Å². The first-order valence-electron chi connectivity index (χ1n) is 7.66. The van der Waals surface area contributed by atoms with Crippen molar-refractivity contribution in [2.75, 3.05) is 0 Å². The molecule has 0 bridgehead atoms. The van der Waals surface area contributed by atoms with Gasteiger partial charge in [-0.25, -0.2) is 0 Å². The van der Waals surface area contributed by atoms with E-state index in [1.807, 2.05) is 30.3 Å². The minimum atomic E-state index is -0.126. The first kappa shape index (κ1) is 16.8. The molecule has 0 aliphatic carbocycles. The summed E-state index contributed by atoms with van der Waals surface area (Å²) in [7, 11) is 0. The highest BCUT2D eigenvalue weighted by atomic mass is 79.9. The Hall–Kier alpha value is -1.61. The van der Waals surface area contributed by atoms with E-state index in [1.165, 1.54) is 11.1 Å². The van der Waals surface area contributed by atoms with Crippen LogP contribution in [0.25, 0.3) is 0 Å². The third-order valence-corrected chi connectivity index (χ3v) is 4.11. The fourth-order valence-electron chi connectivity index (χ4n) is 2.40. The summed E-state index contributed by atoms with van der Waals surface area (Å²) < 4.78 is 6.40. The van der Waals surface area contributed by atoms with Gasteiger partial charge >= 0.3 is 5.97 Å². The Bertz CT molecular complexity index is 608. The first-order valence-corrected chi connectivity index (χ1v) is 8.45. The molecule has 0 radical (unpaired) electrons. The van der Waals surface area contributed by atoms with E-state index in [2.05, 4.69) is 41.1 Å². The van der Waals surface area contributed by atoms with Crippen molar-refractivity contribution in [2.45, 2.75) is 39.2 Å². The monoisotopic (exact) mass is 360 g/mol. The van der Waals surface area contributed by atoms with Gasteiger partial charge in [0.05, 0.1) is 0 Å². The van der Waals surface area contributed by atoms with Crippen LogP contribution < -0.4 is 0 Å². The van der Waals surface area contributed by atoms with Gasteiger partial charge in [0.2, 0.25) is 0 Å². The molecule has 0 aliphatic heterocycles. The SMILES string of the molecule is CCc1cc(Br)ccc1CCCC(=O)OCc1ccccc1. The fraction of sp³-hybridized carbons (Fsp3) is 0.316. The van der Waals surface area contributed by atoms with Crippen LogP contribution in [0.4, 0.5) is 0 Å². The van der Waals surface area contributed by atoms with Crippen LogP contribution in [0.2, 0.25) is 0 Å². The summed E-state index contributed by atoms with van der Waals surface area (Å²) in [5.41, 5.74) is 3.69. The first-order chi connectivity index (χ1) is 10.7. The summed E-state index contributed by atoms with van der Waals surface area (Å²) in [5.74, 6) is -0.126. The third-order valence-electron chi connectivity index (χ3n) is 3.62. The smallest absolute Gasteiger partial charge is 0.306 e. The summed E-state index contributed by atoms with van der Waals surface area (Å²) in [4.78, 5) is 11.8. The lowest BCUT2D eigenvalue weighted by Crippen LogP contribution is -2.05. The Morgan fingerprint density at radius 3 is 2.59 bits per heavy atom. The number of ether oxygens (including phenoxy) is 1. The summed E-state index contributed by atoms with van der Waals surface area (Å²) >= 11 is 3.50. The molecular weight excluding hydrogens is 340 g/mol. The highest BCUT2D eigenvalue weighted by Gasteiger charge is 2.06. The zero-order valence-electron chi connectivity index (χ0n) is 12.8. The number of hydrogen-bond donors (Lipinski definition) is 0. The normalized spacial score (nSPS) is 10.5. The van der Waals surface area contributed by atoms with Crippen LogP contribution in [-0.4, -0.2) is 5.97 Å². The van der Waals surface area contributed by atoms with E-state index in [-0.39, 0.29) is 5.97 Å². The lowest BCUT2D eigenvalue weighted by atomic mass is 10.0. The second-order valence-electron chi connectivity index (χ2n) is 5.27. The molecule has 0 heterocycles. The molecule has 3 heteroatoms. The standard InChI is InChI=1S/C19H21BrO2/c1-2-16-13-18(20)12-11-17(16)9-6-10-19(21)22-14-15-7-4-3-5-8-15/h3-5,7-8,11-13H,2,6,9-10,14H2,1H3. The molecule has 2 aromatic carbocycles. The maximum absolute atomic E-state index is 11.8. The topological polar surface area (TPSA) is 26.3 Å². The summed E-state index contributed by atoms with van der Waals surface area (Å²) in [6.07, 6.45) is 3.21. The van der Waals surface area contributed by atoms with Gasteiger partial charge in [-0.05, 0) is 48.1 Å². The summed E-state index contributed by atoms with van der Waals surface area (Å²) in [6, 6.07) is 16.1. The molecule has 2 aromatic rings. The molecule has 0 fully saturated rings. The minimum absolute atomic E-state index is 0.126.